The summed E-state index contributed by atoms with van der Waals surface area (Å²) in [5, 5.41) is 21.1. The van der Waals surface area contributed by atoms with E-state index in [4.69, 9.17) is 10.4 Å². The van der Waals surface area contributed by atoms with E-state index in [1.807, 2.05) is 25.1 Å². The van der Waals surface area contributed by atoms with Gasteiger partial charge in [-0.05, 0) is 31.5 Å². The van der Waals surface area contributed by atoms with Gasteiger partial charge in [-0.15, -0.1) is 0 Å². The highest BCUT2D eigenvalue weighted by molar-refractivity contribution is 5.33. The van der Waals surface area contributed by atoms with Crippen LogP contribution >= 0.6 is 0 Å². The van der Waals surface area contributed by atoms with Gasteiger partial charge in [0.1, 0.15) is 0 Å². The Morgan fingerprint density at radius 3 is 2.80 bits per heavy atom. The van der Waals surface area contributed by atoms with Crippen molar-refractivity contribution in [2.75, 3.05) is 6.54 Å². The molecule has 0 aliphatic carbocycles. The summed E-state index contributed by atoms with van der Waals surface area (Å²) in [6, 6.07) is 9.74. The highest BCUT2D eigenvalue weighted by Crippen LogP contribution is 2.13. The third-order valence-electron chi connectivity index (χ3n) is 2.24. The third kappa shape index (κ3) is 3.70. The molecule has 1 aromatic rings. The zero-order valence-corrected chi connectivity index (χ0v) is 9.07. The summed E-state index contributed by atoms with van der Waals surface area (Å²) in [4.78, 5) is 0. The first-order valence-electron chi connectivity index (χ1n) is 5.05. The molecule has 0 bridgehead atoms. The molecule has 15 heavy (non-hydrogen) atoms. The van der Waals surface area contributed by atoms with Crippen LogP contribution in [0.5, 0.6) is 0 Å². The molecule has 0 unspecified atom stereocenters. The SMILES string of the molecule is C[C@H](O)CN[C@@H](C)c1cccc(C#N)c1. The monoisotopic (exact) mass is 204 g/mol. The van der Waals surface area contributed by atoms with Crippen molar-refractivity contribution in [1.82, 2.24) is 5.32 Å². The van der Waals surface area contributed by atoms with Crippen molar-refractivity contribution in [3.05, 3.63) is 35.4 Å². The lowest BCUT2D eigenvalue weighted by molar-refractivity contribution is 0.187. The van der Waals surface area contributed by atoms with Gasteiger partial charge in [-0.3, -0.25) is 0 Å². The molecule has 0 fully saturated rings. The van der Waals surface area contributed by atoms with E-state index in [9.17, 15) is 0 Å². The minimum Gasteiger partial charge on any atom is -0.392 e. The Morgan fingerprint density at radius 2 is 2.20 bits per heavy atom. The van der Waals surface area contributed by atoms with Crippen molar-refractivity contribution in [1.29, 1.82) is 5.26 Å². The highest BCUT2D eigenvalue weighted by atomic mass is 16.3. The summed E-state index contributed by atoms with van der Waals surface area (Å²) in [5.74, 6) is 0. The number of hydrogen-bond donors (Lipinski definition) is 2. The van der Waals surface area contributed by atoms with Crippen LogP contribution in [0.25, 0.3) is 0 Å². The van der Waals surface area contributed by atoms with E-state index in [0.29, 0.717) is 12.1 Å². The van der Waals surface area contributed by atoms with Crippen molar-refractivity contribution < 1.29 is 5.11 Å². The van der Waals surface area contributed by atoms with Crippen LogP contribution in [0.4, 0.5) is 0 Å². The molecule has 0 amide bonds. The molecule has 1 rings (SSSR count). The average molecular weight is 204 g/mol. The summed E-state index contributed by atoms with van der Waals surface area (Å²) < 4.78 is 0. The van der Waals surface area contributed by atoms with Gasteiger partial charge in [0.05, 0.1) is 17.7 Å². The van der Waals surface area contributed by atoms with Crippen molar-refractivity contribution in [3.63, 3.8) is 0 Å². The molecule has 0 aliphatic heterocycles. The Labute approximate surface area is 90.4 Å². The minimum atomic E-state index is -0.355. The lowest BCUT2D eigenvalue weighted by atomic mass is 10.1. The van der Waals surface area contributed by atoms with Crippen LogP contribution in [-0.4, -0.2) is 17.8 Å². The first-order valence-corrected chi connectivity index (χ1v) is 5.05. The molecule has 0 aliphatic rings. The van der Waals surface area contributed by atoms with E-state index in [-0.39, 0.29) is 12.1 Å². The van der Waals surface area contributed by atoms with Gasteiger partial charge in [0, 0.05) is 12.6 Å². The van der Waals surface area contributed by atoms with E-state index in [1.165, 1.54) is 0 Å². The number of aliphatic hydroxyl groups excluding tert-OH is 1. The van der Waals surface area contributed by atoms with Crippen LogP contribution in [0.1, 0.15) is 31.0 Å². The molecule has 0 radical (unpaired) electrons. The third-order valence-corrected chi connectivity index (χ3v) is 2.24. The van der Waals surface area contributed by atoms with Crippen molar-refractivity contribution in [2.24, 2.45) is 0 Å². The number of aliphatic hydroxyl groups is 1. The molecule has 0 aromatic heterocycles. The maximum absolute atomic E-state index is 9.13. The first kappa shape index (κ1) is 11.7. The van der Waals surface area contributed by atoms with E-state index >= 15 is 0 Å². The molecule has 0 saturated heterocycles. The lowest BCUT2D eigenvalue weighted by Gasteiger charge is -2.15. The molecule has 2 N–H and O–H groups in total. The fourth-order valence-electron chi connectivity index (χ4n) is 1.34. The van der Waals surface area contributed by atoms with Gasteiger partial charge in [-0.1, -0.05) is 12.1 Å². The first-order chi connectivity index (χ1) is 7.13. The number of nitriles is 1. The Kier molecular flexibility index (Phi) is 4.29. The van der Waals surface area contributed by atoms with Gasteiger partial charge < -0.3 is 10.4 Å². The maximum atomic E-state index is 9.13. The number of nitrogens with one attached hydrogen (secondary N) is 1. The van der Waals surface area contributed by atoms with Crippen molar-refractivity contribution in [3.8, 4) is 6.07 Å². The topological polar surface area (TPSA) is 56.0 Å². The summed E-state index contributed by atoms with van der Waals surface area (Å²) in [7, 11) is 0. The quantitative estimate of drug-likeness (QED) is 0.783. The minimum absolute atomic E-state index is 0.146. The summed E-state index contributed by atoms with van der Waals surface area (Å²) in [5.41, 5.74) is 1.73. The van der Waals surface area contributed by atoms with Crippen molar-refractivity contribution >= 4 is 0 Å². The Hall–Kier alpha value is -1.37. The molecule has 80 valence electrons. The van der Waals surface area contributed by atoms with E-state index < -0.39 is 0 Å². The molecule has 3 heteroatoms. The predicted octanol–water partition coefficient (Wildman–Crippen LogP) is 1.59. The van der Waals surface area contributed by atoms with E-state index in [0.717, 1.165) is 5.56 Å². The van der Waals surface area contributed by atoms with Crippen LogP contribution in [0.15, 0.2) is 24.3 Å². The second-order valence-electron chi connectivity index (χ2n) is 3.72. The largest absolute Gasteiger partial charge is 0.392 e. The number of rotatable bonds is 4. The normalized spacial score (nSPS) is 14.3. The lowest BCUT2D eigenvalue weighted by Crippen LogP contribution is -2.27. The Bertz CT molecular complexity index is 355. The molecular formula is C12H16N2O. The van der Waals surface area contributed by atoms with E-state index in [2.05, 4.69) is 11.4 Å². The summed E-state index contributed by atoms with van der Waals surface area (Å²) in [6.45, 7) is 4.31. The standard InChI is InChI=1S/C12H16N2O/c1-9(15)8-14-10(2)12-5-3-4-11(6-12)7-13/h3-6,9-10,14-15H,8H2,1-2H3/t9-,10-/m0/s1. The summed E-state index contributed by atoms with van der Waals surface area (Å²) in [6.07, 6.45) is -0.355. The average Bonchev–Trinajstić information content (AvgIpc) is 2.26. The van der Waals surface area contributed by atoms with Crippen LogP contribution < -0.4 is 5.32 Å². The van der Waals surface area contributed by atoms with Gasteiger partial charge >= 0.3 is 0 Å². The predicted molar refractivity (Wildman–Crippen MR) is 59.3 cm³/mol. The zero-order chi connectivity index (χ0) is 11.3. The van der Waals surface area contributed by atoms with Crippen LogP contribution in [-0.2, 0) is 0 Å². The maximum Gasteiger partial charge on any atom is 0.0991 e. The van der Waals surface area contributed by atoms with Gasteiger partial charge in [-0.25, -0.2) is 0 Å². The fraction of sp³-hybridized carbons (Fsp3) is 0.417. The highest BCUT2D eigenvalue weighted by Gasteiger charge is 2.06. The molecule has 1 aromatic carbocycles. The van der Waals surface area contributed by atoms with Crippen LogP contribution in [0, 0.1) is 11.3 Å². The van der Waals surface area contributed by atoms with Crippen molar-refractivity contribution in [2.45, 2.75) is 26.0 Å². The number of hydrogen-bond acceptors (Lipinski definition) is 3. The number of nitrogens with zero attached hydrogens (tertiary/aromatic N) is 1. The van der Waals surface area contributed by atoms with E-state index in [1.54, 1.807) is 13.0 Å². The molecule has 3 nitrogen and oxygen atoms in total. The Balaban J connectivity index is 2.65. The van der Waals surface area contributed by atoms with Gasteiger partial charge in [-0.2, -0.15) is 5.26 Å². The summed E-state index contributed by atoms with van der Waals surface area (Å²) >= 11 is 0. The van der Waals surface area contributed by atoms with Gasteiger partial charge in [0.2, 0.25) is 0 Å². The molecule has 0 spiro atoms. The molecule has 0 saturated carbocycles. The molecule has 2 atom stereocenters. The molecular weight excluding hydrogens is 188 g/mol. The van der Waals surface area contributed by atoms with Crippen LogP contribution in [0.3, 0.4) is 0 Å². The second kappa shape index (κ2) is 5.50. The van der Waals surface area contributed by atoms with Gasteiger partial charge in [0.15, 0.2) is 0 Å². The zero-order valence-electron chi connectivity index (χ0n) is 9.07. The fourth-order valence-corrected chi connectivity index (χ4v) is 1.34. The smallest absolute Gasteiger partial charge is 0.0991 e. The second-order valence-corrected chi connectivity index (χ2v) is 3.72. The number of benzene rings is 1. The van der Waals surface area contributed by atoms with Gasteiger partial charge in [0.25, 0.3) is 0 Å². The molecule has 0 heterocycles. The Morgan fingerprint density at radius 1 is 1.47 bits per heavy atom. The van der Waals surface area contributed by atoms with Crippen LogP contribution in [0.2, 0.25) is 0 Å².